The zero-order valence-corrected chi connectivity index (χ0v) is 33.3. The summed E-state index contributed by atoms with van der Waals surface area (Å²) in [5, 5.41) is 9.16. The first kappa shape index (κ1) is 42.3. The van der Waals surface area contributed by atoms with Gasteiger partial charge in [-0.1, -0.05) is 6.58 Å². The van der Waals surface area contributed by atoms with Crippen LogP contribution in [-0.4, -0.2) is 110 Å². The zero-order valence-electron chi connectivity index (χ0n) is 14.6. The fraction of sp³-hybridized carbons (Fsp3) is 0.625. The van der Waals surface area contributed by atoms with Crippen molar-refractivity contribution in [3.63, 3.8) is 0 Å². The van der Waals surface area contributed by atoms with Gasteiger partial charge in [-0.05, 0) is 6.92 Å². The summed E-state index contributed by atoms with van der Waals surface area (Å²) < 4.78 is 9.52. The SMILES string of the molecule is C=C(C)C(=O)OCC(O)COC[Si-].[H-].[K+].[K+].[K+].[K+].[K][K]. The van der Waals surface area contributed by atoms with Gasteiger partial charge in [-0.15, -0.1) is 6.23 Å². The van der Waals surface area contributed by atoms with Crippen LogP contribution in [0.5, 0.6) is 0 Å². The average molecular weight is 437 g/mol. The van der Waals surface area contributed by atoms with Crippen molar-refractivity contribution in [3.05, 3.63) is 12.2 Å². The molecule has 1 unspecified atom stereocenters. The Morgan fingerprint density at radius 2 is 1.74 bits per heavy atom. The summed E-state index contributed by atoms with van der Waals surface area (Å²) in [7, 11) is 3.07. The molecule has 0 amide bonds. The Hall–Kier alpha value is 9.17. The normalized spacial score (nSPS) is 8.79. The third kappa shape index (κ3) is 35.0. The van der Waals surface area contributed by atoms with E-state index in [0.717, 1.165) is 0 Å². The fourth-order valence-electron chi connectivity index (χ4n) is 0.538. The van der Waals surface area contributed by atoms with E-state index >= 15 is 0 Å². The molecule has 1 atom stereocenters. The predicted octanol–water partition coefficient (Wildman–Crippen LogP) is -13.0. The Balaban J connectivity index is -0.0000000460. The van der Waals surface area contributed by atoms with Crippen molar-refractivity contribution >= 4 is 79.4 Å². The number of hydrogen-bond donors (Lipinski definition) is 1. The molecule has 4 nitrogen and oxygen atoms in total. The van der Waals surface area contributed by atoms with Crippen LogP contribution in [0.4, 0.5) is 0 Å². The van der Waals surface area contributed by atoms with Crippen LogP contribution in [0.3, 0.4) is 0 Å². The quantitative estimate of drug-likeness (QED) is 0.255. The van der Waals surface area contributed by atoms with Gasteiger partial charge >= 0.3 is 275 Å². The number of aliphatic hydroxyl groups excluding tert-OH is 1. The van der Waals surface area contributed by atoms with Gasteiger partial charge in [0.1, 0.15) is 12.7 Å². The van der Waals surface area contributed by atoms with E-state index in [1.165, 1.54) is 63.2 Å². The maximum atomic E-state index is 10.8. The van der Waals surface area contributed by atoms with E-state index in [-0.39, 0.29) is 220 Å². The molecule has 0 aliphatic heterocycles. The summed E-state index contributed by atoms with van der Waals surface area (Å²) in [6.45, 7) is 5.01. The molecule has 78 valence electrons. The third-order valence-corrected chi connectivity index (χ3v) is 1.37. The first-order chi connectivity index (χ1) is 7.07. The molecule has 0 bridgehead atoms. The number of carbonyl (C=O) groups excluding carboxylic acids is 1. The summed E-state index contributed by atoms with van der Waals surface area (Å²) in [6, 6.07) is 0. The van der Waals surface area contributed by atoms with Crippen molar-refractivity contribution in [1.82, 2.24) is 0 Å². The number of ether oxygens (including phenoxy) is 2. The minimum atomic E-state index is -0.792. The molecule has 0 aliphatic rings. The Morgan fingerprint density at radius 1 is 1.32 bits per heavy atom. The van der Waals surface area contributed by atoms with Gasteiger partial charge in [0.15, 0.2) is 0 Å². The van der Waals surface area contributed by atoms with Gasteiger partial charge in [0.2, 0.25) is 0 Å². The minimum absolute atomic E-state index is 0. The van der Waals surface area contributed by atoms with E-state index < -0.39 is 12.1 Å². The van der Waals surface area contributed by atoms with E-state index in [2.05, 4.69) is 21.6 Å². The molecular weight excluding hydrogens is 423 g/mol. The van der Waals surface area contributed by atoms with Crippen LogP contribution in [0.2, 0.25) is 0 Å². The monoisotopic (exact) mass is 436 g/mol. The van der Waals surface area contributed by atoms with Crippen LogP contribution in [0.1, 0.15) is 8.35 Å². The van der Waals surface area contributed by atoms with Crippen LogP contribution in [0, 0.1) is 0 Å². The van der Waals surface area contributed by atoms with E-state index in [1.807, 2.05) is 0 Å². The van der Waals surface area contributed by atoms with Crippen LogP contribution >= 0.6 is 0 Å². The van der Waals surface area contributed by atoms with Crippen LogP contribution < -0.4 is 206 Å². The molecule has 0 saturated heterocycles. The summed E-state index contributed by atoms with van der Waals surface area (Å²) >= 11 is 2.50. The summed E-state index contributed by atoms with van der Waals surface area (Å²) in [4.78, 5) is 10.8. The van der Waals surface area contributed by atoms with Crippen molar-refractivity contribution in [2.75, 3.05) is 19.4 Å². The first-order valence-electron chi connectivity index (χ1n) is 4.81. The Morgan fingerprint density at radius 3 is 2.05 bits per heavy atom. The molecule has 0 spiro atoms. The van der Waals surface area contributed by atoms with E-state index in [1.54, 1.807) is 6.92 Å². The number of esters is 1. The van der Waals surface area contributed by atoms with Gasteiger partial charge in [0.05, 0.1) is 6.61 Å². The molecule has 0 heterocycles. The van der Waals surface area contributed by atoms with Crippen molar-refractivity contribution in [1.29, 1.82) is 0 Å². The number of hydrogen-bond acceptors (Lipinski definition) is 4. The molecule has 2 radical (unpaired) electrons. The molecule has 0 aromatic carbocycles. The molecule has 11 heteroatoms. The second-order valence-electron chi connectivity index (χ2n) is 2.55. The molecule has 1 N–H and O–H groups in total. The van der Waals surface area contributed by atoms with Gasteiger partial charge in [-0.2, -0.15) is 0 Å². The summed E-state index contributed by atoms with van der Waals surface area (Å²) in [5.74, 6) is -0.502. The van der Waals surface area contributed by atoms with Crippen molar-refractivity contribution < 1.29 is 226 Å². The van der Waals surface area contributed by atoms with E-state index in [4.69, 9.17) is 9.84 Å². The van der Waals surface area contributed by atoms with Crippen molar-refractivity contribution in [3.8, 4) is 0 Å². The topological polar surface area (TPSA) is 55.8 Å². The van der Waals surface area contributed by atoms with Gasteiger partial charge in [-0.25, -0.2) is 4.79 Å². The van der Waals surface area contributed by atoms with Crippen molar-refractivity contribution in [2.24, 2.45) is 0 Å². The molecule has 0 saturated carbocycles. The summed E-state index contributed by atoms with van der Waals surface area (Å²) in [5.41, 5.74) is 0.313. The number of aliphatic hydroxyl groups is 1. The second-order valence-corrected chi connectivity index (χ2v) is 2.84. The van der Waals surface area contributed by atoms with Gasteiger partial charge in [-0.3, -0.25) is 0 Å². The van der Waals surface area contributed by atoms with Gasteiger partial charge in [0, 0.05) is 5.57 Å². The molecule has 0 rings (SSSR count). The van der Waals surface area contributed by atoms with Crippen molar-refractivity contribution in [2.45, 2.75) is 13.0 Å². The Bertz CT molecular complexity index is 204. The fourth-order valence-corrected chi connectivity index (χ4v) is 0.656. The molecule has 19 heavy (non-hydrogen) atoms. The average Bonchev–Trinajstić information content (AvgIpc) is 2.25. The predicted molar refractivity (Wildman–Crippen MR) is 61.0 cm³/mol. The van der Waals surface area contributed by atoms with E-state index in [9.17, 15) is 4.79 Å². The van der Waals surface area contributed by atoms with Crippen LogP contribution in [-0.2, 0) is 14.3 Å². The van der Waals surface area contributed by atoms with Gasteiger partial charge < -0.3 is 26.2 Å². The van der Waals surface area contributed by atoms with E-state index in [0.29, 0.717) is 11.8 Å². The number of carbonyl (C=O) groups is 1. The molecule has 0 fully saturated rings. The van der Waals surface area contributed by atoms with Crippen LogP contribution in [0.25, 0.3) is 0 Å². The Kier molecular flexibility index (Phi) is 77.2. The maximum absolute atomic E-state index is 10.8. The zero-order chi connectivity index (χ0) is 12.3. The molecule has 0 aliphatic carbocycles. The second kappa shape index (κ2) is 34.7. The standard InChI is InChI=1S/C8H13O4Si.6K.H/c1-6(2)8(10)12-4-7(9)3-11-5-13;;;;;;;/h7,9H,1,3-5H2,2H3;;;;;;;/q-1;;;4*+1;-1. The molecule has 0 aromatic rings. The number of rotatable bonds is 6. The van der Waals surface area contributed by atoms with Gasteiger partial charge in [0.25, 0.3) is 0 Å². The van der Waals surface area contributed by atoms with Crippen LogP contribution in [0.15, 0.2) is 12.2 Å². The Labute approximate surface area is 336 Å². The molecular formula is C8H14K6O4Si+2. The summed E-state index contributed by atoms with van der Waals surface area (Å²) in [6.07, 6.45) is -0.453. The first-order valence-corrected chi connectivity index (χ1v) is 21.5. The molecule has 0 aromatic heterocycles. The third-order valence-electron chi connectivity index (χ3n) is 1.17.